The van der Waals surface area contributed by atoms with Gasteiger partial charge in [-0.3, -0.25) is 4.90 Å². The molecule has 0 aliphatic carbocycles. The molecule has 2 heteroatoms. The molecule has 1 aromatic rings. The number of aliphatic hydroxyl groups is 1. The summed E-state index contributed by atoms with van der Waals surface area (Å²) in [7, 11) is 0. The first-order valence-corrected chi connectivity index (χ1v) is 6.33. The van der Waals surface area contributed by atoms with E-state index in [1.165, 1.54) is 19.4 Å². The average molecular weight is 217 g/mol. The van der Waals surface area contributed by atoms with Crippen molar-refractivity contribution in [3.63, 3.8) is 0 Å². The molecule has 0 unspecified atom stereocenters. The van der Waals surface area contributed by atoms with Gasteiger partial charge in [0.2, 0.25) is 0 Å². The average Bonchev–Trinajstić information content (AvgIpc) is 2.71. The predicted octanol–water partition coefficient (Wildman–Crippen LogP) is 2.13. The van der Waals surface area contributed by atoms with Crippen molar-refractivity contribution >= 4 is 0 Å². The Morgan fingerprint density at radius 1 is 1.12 bits per heavy atom. The predicted molar refractivity (Wildman–Crippen MR) is 64.2 cm³/mol. The van der Waals surface area contributed by atoms with Gasteiger partial charge in [0.25, 0.3) is 0 Å². The molecule has 0 aromatic heterocycles. The molecular weight excluding hydrogens is 198 g/mol. The Morgan fingerprint density at radius 3 is 2.75 bits per heavy atom. The van der Waals surface area contributed by atoms with Crippen molar-refractivity contribution in [2.45, 2.75) is 37.3 Å². The summed E-state index contributed by atoms with van der Waals surface area (Å²) in [5.41, 5.74) is 0.506. The van der Waals surface area contributed by atoms with Gasteiger partial charge in [-0.2, -0.15) is 0 Å². The summed E-state index contributed by atoms with van der Waals surface area (Å²) >= 11 is 0. The zero-order valence-corrected chi connectivity index (χ0v) is 9.60. The van der Waals surface area contributed by atoms with Crippen molar-refractivity contribution in [2.75, 3.05) is 13.1 Å². The molecule has 16 heavy (non-hydrogen) atoms. The highest BCUT2D eigenvalue weighted by atomic mass is 16.3. The summed E-state index contributed by atoms with van der Waals surface area (Å²) in [4.78, 5) is 2.47. The lowest BCUT2D eigenvalue weighted by Gasteiger charge is -2.37. The van der Waals surface area contributed by atoms with Crippen LogP contribution in [0.4, 0.5) is 0 Å². The summed E-state index contributed by atoms with van der Waals surface area (Å²) in [6.07, 6.45) is 4.59. The van der Waals surface area contributed by atoms with E-state index in [4.69, 9.17) is 0 Å². The lowest BCUT2D eigenvalue weighted by atomic mass is 9.83. The molecule has 1 aromatic carbocycles. The molecule has 3 rings (SSSR count). The number of hydrogen-bond donors (Lipinski definition) is 1. The van der Waals surface area contributed by atoms with Crippen molar-refractivity contribution in [1.82, 2.24) is 4.90 Å². The zero-order valence-electron chi connectivity index (χ0n) is 9.60. The molecule has 2 aliphatic heterocycles. The topological polar surface area (TPSA) is 23.5 Å². The first-order chi connectivity index (χ1) is 7.81. The Balaban J connectivity index is 1.93. The fraction of sp³-hybridized carbons (Fsp3) is 0.571. The third kappa shape index (κ3) is 1.48. The van der Waals surface area contributed by atoms with E-state index in [2.05, 4.69) is 17.0 Å². The smallest absolute Gasteiger partial charge is 0.106 e. The maximum Gasteiger partial charge on any atom is 0.106 e. The van der Waals surface area contributed by atoms with Gasteiger partial charge in [-0.05, 0) is 31.4 Å². The van der Waals surface area contributed by atoms with Crippen molar-refractivity contribution < 1.29 is 5.11 Å². The van der Waals surface area contributed by atoms with Crippen LogP contribution in [-0.4, -0.2) is 29.1 Å². The fourth-order valence-electron chi connectivity index (χ4n) is 3.34. The third-order valence-electron chi connectivity index (χ3n) is 4.22. The number of rotatable bonds is 1. The van der Waals surface area contributed by atoms with Gasteiger partial charge in [0, 0.05) is 12.6 Å². The Labute approximate surface area is 96.9 Å². The third-order valence-corrected chi connectivity index (χ3v) is 4.22. The standard InChI is InChI=1S/C14H19NO/c16-14(12-6-2-1-3-7-12)9-11-15-10-5-4-8-13(14)15/h1-3,6-7,13,16H,4-5,8-11H2/t13-,14-/m1/s1. The zero-order chi connectivity index (χ0) is 11.0. The van der Waals surface area contributed by atoms with Gasteiger partial charge in [0.05, 0.1) is 0 Å². The van der Waals surface area contributed by atoms with Crippen LogP contribution in [0.5, 0.6) is 0 Å². The van der Waals surface area contributed by atoms with Crippen LogP contribution in [0.2, 0.25) is 0 Å². The summed E-state index contributed by atoms with van der Waals surface area (Å²) in [6.45, 7) is 2.22. The molecule has 0 bridgehead atoms. The Bertz CT molecular complexity index is 364. The normalized spacial score (nSPS) is 34.9. The Morgan fingerprint density at radius 2 is 1.94 bits per heavy atom. The van der Waals surface area contributed by atoms with E-state index in [9.17, 15) is 5.11 Å². The number of piperidine rings is 1. The molecule has 1 N–H and O–H groups in total. The Hall–Kier alpha value is -0.860. The van der Waals surface area contributed by atoms with E-state index in [0.29, 0.717) is 6.04 Å². The lowest BCUT2D eigenvalue weighted by molar-refractivity contribution is -0.0138. The van der Waals surface area contributed by atoms with Crippen LogP contribution >= 0.6 is 0 Å². The van der Waals surface area contributed by atoms with E-state index < -0.39 is 5.60 Å². The minimum Gasteiger partial charge on any atom is -0.383 e. The largest absolute Gasteiger partial charge is 0.383 e. The van der Waals surface area contributed by atoms with E-state index in [-0.39, 0.29) is 0 Å². The fourth-order valence-corrected chi connectivity index (χ4v) is 3.34. The van der Waals surface area contributed by atoms with Crippen molar-refractivity contribution in [3.8, 4) is 0 Å². The summed E-state index contributed by atoms with van der Waals surface area (Å²) in [5, 5.41) is 10.9. The van der Waals surface area contributed by atoms with E-state index in [1.54, 1.807) is 0 Å². The molecular formula is C14H19NO. The van der Waals surface area contributed by atoms with Crippen LogP contribution in [0.3, 0.4) is 0 Å². The second-order valence-corrected chi connectivity index (χ2v) is 5.09. The van der Waals surface area contributed by atoms with Crippen LogP contribution < -0.4 is 0 Å². The van der Waals surface area contributed by atoms with Crippen LogP contribution in [0.25, 0.3) is 0 Å². The second kappa shape index (κ2) is 3.86. The van der Waals surface area contributed by atoms with Crippen molar-refractivity contribution in [3.05, 3.63) is 35.9 Å². The minimum atomic E-state index is -0.596. The minimum absolute atomic E-state index is 0.351. The van der Waals surface area contributed by atoms with E-state index >= 15 is 0 Å². The van der Waals surface area contributed by atoms with Crippen molar-refractivity contribution in [1.29, 1.82) is 0 Å². The molecule has 86 valence electrons. The van der Waals surface area contributed by atoms with E-state index in [0.717, 1.165) is 24.9 Å². The molecule has 2 nitrogen and oxygen atoms in total. The van der Waals surface area contributed by atoms with Crippen LogP contribution in [-0.2, 0) is 5.60 Å². The van der Waals surface area contributed by atoms with Gasteiger partial charge in [0.15, 0.2) is 0 Å². The molecule has 0 amide bonds. The molecule has 2 heterocycles. The molecule has 2 fully saturated rings. The summed E-state index contributed by atoms with van der Waals surface area (Å²) in [6, 6.07) is 10.6. The number of nitrogens with zero attached hydrogens (tertiary/aromatic N) is 1. The number of benzene rings is 1. The van der Waals surface area contributed by atoms with Gasteiger partial charge in [-0.25, -0.2) is 0 Å². The van der Waals surface area contributed by atoms with Gasteiger partial charge >= 0.3 is 0 Å². The summed E-state index contributed by atoms with van der Waals surface area (Å²) < 4.78 is 0. The summed E-state index contributed by atoms with van der Waals surface area (Å²) in [5.74, 6) is 0. The monoisotopic (exact) mass is 217 g/mol. The highest BCUT2D eigenvalue weighted by Crippen LogP contribution is 2.41. The first kappa shape index (κ1) is 10.3. The Kier molecular flexibility index (Phi) is 2.49. The van der Waals surface area contributed by atoms with Gasteiger partial charge in [0.1, 0.15) is 5.60 Å². The van der Waals surface area contributed by atoms with Crippen LogP contribution in [0, 0.1) is 0 Å². The maximum atomic E-state index is 10.9. The molecule has 2 saturated heterocycles. The SMILES string of the molecule is O[C@@]1(c2ccccc2)CCN2CCCC[C@@H]21. The van der Waals surface area contributed by atoms with Gasteiger partial charge in [-0.15, -0.1) is 0 Å². The highest BCUT2D eigenvalue weighted by molar-refractivity contribution is 5.26. The maximum absolute atomic E-state index is 10.9. The highest BCUT2D eigenvalue weighted by Gasteiger charge is 2.47. The van der Waals surface area contributed by atoms with Gasteiger partial charge in [-0.1, -0.05) is 36.8 Å². The molecule has 0 saturated carbocycles. The van der Waals surface area contributed by atoms with Crippen LogP contribution in [0.15, 0.2) is 30.3 Å². The van der Waals surface area contributed by atoms with Crippen molar-refractivity contribution in [2.24, 2.45) is 0 Å². The molecule has 2 aliphatic rings. The number of fused-ring (bicyclic) bond motifs is 1. The molecule has 0 radical (unpaired) electrons. The van der Waals surface area contributed by atoms with E-state index in [1.807, 2.05) is 18.2 Å². The molecule has 2 atom stereocenters. The first-order valence-electron chi connectivity index (χ1n) is 6.33. The quantitative estimate of drug-likeness (QED) is 0.779. The van der Waals surface area contributed by atoms with Gasteiger partial charge < -0.3 is 5.11 Å². The van der Waals surface area contributed by atoms with Crippen LogP contribution in [0.1, 0.15) is 31.2 Å². The number of hydrogen-bond acceptors (Lipinski definition) is 2. The second-order valence-electron chi connectivity index (χ2n) is 5.09. The lowest BCUT2D eigenvalue weighted by Crippen LogP contribution is -2.45. The molecule has 0 spiro atoms.